The highest BCUT2D eigenvalue weighted by molar-refractivity contribution is 7.86. The summed E-state index contributed by atoms with van der Waals surface area (Å²) in [5.41, 5.74) is 0. The molecule has 6 heteroatoms. The minimum absolute atomic E-state index is 0.216. The molecule has 2 aliphatic heterocycles. The number of nitrogens with one attached hydrogen (secondary N) is 1. The van der Waals surface area contributed by atoms with Crippen molar-refractivity contribution in [2.45, 2.75) is 58.4 Å². The molecular formula is C15H31N3O2S. The van der Waals surface area contributed by atoms with E-state index in [0.29, 0.717) is 25.6 Å². The SMILES string of the molecule is CCCNCC1CCCN(S(=O)(=O)N2CCCC2CC)C1. The molecule has 2 atom stereocenters. The summed E-state index contributed by atoms with van der Waals surface area (Å²) in [4.78, 5) is 0. The monoisotopic (exact) mass is 317 g/mol. The highest BCUT2D eigenvalue weighted by Gasteiger charge is 2.38. The predicted molar refractivity (Wildman–Crippen MR) is 86.4 cm³/mol. The van der Waals surface area contributed by atoms with Gasteiger partial charge in [0.25, 0.3) is 10.2 Å². The highest BCUT2D eigenvalue weighted by Crippen LogP contribution is 2.28. The third-order valence-electron chi connectivity index (χ3n) is 4.76. The van der Waals surface area contributed by atoms with Gasteiger partial charge in [0.2, 0.25) is 0 Å². The van der Waals surface area contributed by atoms with Gasteiger partial charge in [-0.3, -0.25) is 0 Å². The first-order chi connectivity index (χ1) is 10.1. The fraction of sp³-hybridized carbons (Fsp3) is 1.00. The molecule has 1 N–H and O–H groups in total. The van der Waals surface area contributed by atoms with E-state index in [1.807, 2.05) is 0 Å². The largest absolute Gasteiger partial charge is 0.316 e. The van der Waals surface area contributed by atoms with Crippen LogP contribution in [0.25, 0.3) is 0 Å². The van der Waals surface area contributed by atoms with Crippen molar-refractivity contribution < 1.29 is 8.42 Å². The molecular weight excluding hydrogens is 286 g/mol. The number of rotatable bonds is 7. The lowest BCUT2D eigenvalue weighted by Gasteiger charge is -2.36. The van der Waals surface area contributed by atoms with Crippen LogP contribution in [0.15, 0.2) is 0 Å². The first-order valence-corrected chi connectivity index (χ1v) is 9.96. The number of hydrogen-bond acceptors (Lipinski definition) is 3. The van der Waals surface area contributed by atoms with E-state index < -0.39 is 10.2 Å². The minimum atomic E-state index is -3.25. The van der Waals surface area contributed by atoms with Crippen molar-refractivity contribution in [3.8, 4) is 0 Å². The maximum Gasteiger partial charge on any atom is 0.282 e. The Morgan fingerprint density at radius 3 is 2.62 bits per heavy atom. The smallest absolute Gasteiger partial charge is 0.282 e. The van der Waals surface area contributed by atoms with E-state index in [1.54, 1.807) is 8.61 Å². The number of hydrogen-bond donors (Lipinski definition) is 1. The van der Waals surface area contributed by atoms with Gasteiger partial charge in [0, 0.05) is 25.7 Å². The first kappa shape index (κ1) is 17.2. The molecule has 0 aromatic heterocycles. The molecule has 0 saturated carbocycles. The molecule has 0 amide bonds. The lowest BCUT2D eigenvalue weighted by atomic mass is 10.00. The van der Waals surface area contributed by atoms with Crippen LogP contribution in [-0.2, 0) is 10.2 Å². The molecule has 0 aliphatic carbocycles. The van der Waals surface area contributed by atoms with Crippen LogP contribution in [0.1, 0.15) is 52.4 Å². The van der Waals surface area contributed by atoms with E-state index in [2.05, 4.69) is 19.2 Å². The van der Waals surface area contributed by atoms with E-state index in [-0.39, 0.29) is 6.04 Å². The molecule has 2 fully saturated rings. The van der Waals surface area contributed by atoms with E-state index in [4.69, 9.17) is 0 Å². The minimum Gasteiger partial charge on any atom is -0.316 e. The third-order valence-corrected chi connectivity index (χ3v) is 6.82. The maximum atomic E-state index is 12.9. The van der Waals surface area contributed by atoms with Crippen LogP contribution in [0.3, 0.4) is 0 Å². The fourth-order valence-corrected chi connectivity index (χ4v) is 5.60. The van der Waals surface area contributed by atoms with Gasteiger partial charge < -0.3 is 5.32 Å². The van der Waals surface area contributed by atoms with Crippen LogP contribution in [0, 0.1) is 5.92 Å². The van der Waals surface area contributed by atoms with Gasteiger partial charge in [0.15, 0.2) is 0 Å². The predicted octanol–water partition coefficient (Wildman–Crippen LogP) is 1.82. The second kappa shape index (κ2) is 7.90. The normalized spacial score (nSPS) is 29.0. The van der Waals surface area contributed by atoms with E-state index >= 15 is 0 Å². The zero-order valence-corrected chi connectivity index (χ0v) is 14.4. The Balaban J connectivity index is 1.96. The summed E-state index contributed by atoms with van der Waals surface area (Å²) < 4.78 is 29.2. The van der Waals surface area contributed by atoms with Gasteiger partial charge in [-0.1, -0.05) is 13.8 Å². The van der Waals surface area contributed by atoms with Crippen molar-refractivity contribution in [1.82, 2.24) is 13.9 Å². The van der Waals surface area contributed by atoms with Gasteiger partial charge in [0.1, 0.15) is 0 Å². The molecule has 0 spiro atoms. The van der Waals surface area contributed by atoms with Gasteiger partial charge in [-0.2, -0.15) is 17.0 Å². The van der Waals surface area contributed by atoms with Crippen LogP contribution in [0.5, 0.6) is 0 Å². The van der Waals surface area contributed by atoms with Crippen LogP contribution >= 0.6 is 0 Å². The van der Waals surface area contributed by atoms with E-state index in [9.17, 15) is 8.42 Å². The molecule has 2 aliphatic rings. The van der Waals surface area contributed by atoms with Gasteiger partial charge in [-0.15, -0.1) is 0 Å². The number of piperidine rings is 1. The van der Waals surface area contributed by atoms with Crippen molar-refractivity contribution >= 4 is 10.2 Å². The third kappa shape index (κ3) is 4.18. The standard InChI is InChI=1S/C15H31N3O2S/c1-3-9-16-12-14-7-5-10-17(13-14)21(19,20)18-11-6-8-15(18)4-2/h14-16H,3-13H2,1-2H3. The second-order valence-electron chi connectivity index (χ2n) is 6.39. The Kier molecular flexibility index (Phi) is 6.47. The van der Waals surface area contributed by atoms with Crippen LogP contribution in [0.2, 0.25) is 0 Å². The van der Waals surface area contributed by atoms with Crippen molar-refractivity contribution in [3.63, 3.8) is 0 Å². The molecule has 2 unspecified atom stereocenters. The summed E-state index contributed by atoms with van der Waals surface area (Å²) in [5.74, 6) is 0.461. The van der Waals surface area contributed by atoms with E-state index in [0.717, 1.165) is 51.6 Å². The molecule has 21 heavy (non-hydrogen) atoms. The Bertz CT molecular complexity index is 413. The Morgan fingerprint density at radius 1 is 1.14 bits per heavy atom. The summed E-state index contributed by atoms with van der Waals surface area (Å²) >= 11 is 0. The van der Waals surface area contributed by atoms with Crippen molar-refractivity contribution in [2.24, 2.45) is 5.92 Å². The zero-order valence-electron chi connectivity index (χ0n) is 13.6. The highest BCUT2D eigenvalue weighted by atomic mass is 32.2. The topological polar surface area (TPSA) is 52.7 Å². The summed E-state index contributed by atoms with van der Waals surface area (Å²) in [6.45, 7) is 8.29. The van der Waals surface area contributed by atoms with Crippen molar-refractivity contribution in [1.29, 1.82) is 0 Å². The first-order valence-electron chi connectivity index (χ1n) is 8.57. The van der Waals surface area contributed by atoms with Crippen LogP contribution in [-0.4, -0.2) is 55.8 Å². The summed E-state index contributed by atoms with van der Waals surface area (Å²) in [7, 11) is -3.25. The molecule has 2 heterocycles. The average Bonchev–Trinajstić information content (AvgIpc) is 2.97. The lowest BCUT2D eigenvalue weighted by molar-refractivity contribution is 0.238. The molecule has 0 bridgehead atoms. The van der Waals surface area contributed by atoms with Gasteiger partial charge in [-0.25, -0.2) is 0 Å². The zero-order chi connectivity index (χ0) is 15.3. The average molecular weight is 317 g/mol. The number of nitrogens with zero attached hydrogens (tertiary/aromatic N) is 2. The lowest BCUT2D eigenvalue weighted by Crippen LogP contribution is -2.50. The fourth-order valence-electron chi connectivity index (χ4n) is 3.56. The quantitative estimate of drug-likeness (QED) is 0.729. The molecule has 0 radical (unpaired) electrons. The summed E-state index contributed by atoms with van der Waals surface area (Å²) in [5, 5.41) is 3.43. The van der Waals surface area contributed by atoms with Gasteiger partial charge >= 0.3 is 0 Å². The summed E-state index contributed by atoms with van der Waals surface area (Å²) in [6, 6.07) is 0.216. The van der Waals surface area contributed by atoms with Gasteiger partial charge in [0.05, 0.1) is 0 Å². The van der Waals surface area contributed by atoms with Crippen molar-refractivity contribution in [2.75, 3.05) is 32.7 Å². The second-order valence-corrected chi connectivity index (χ2v) is 8.27. The maximum absolute atomic E-state index is 12.9. The Morgan fingerprint density at radius 2 is 1.90 bits per heavy atom. The molecule has 0 aromatic carbocycles. The van der Waals surface area contributed by atoms with Crippen LogP contribution in [0.4, 0.5) is 0 Å². The Hall–Kier alpha value is -0.170. The molecule has 5 nitrogen and oxygen atoms in total. The Labute approximate surface area is 130 Å². The molecule has 124 valence electrons. The van der Waals surface area contributed by atoms with E-state index in [1.165, 1.54) is 0 Å². The van der Waals surface area contributed by atoms with Gasteiger partial charge in [-0.05, 0) is 57.5 Å². The molecule has 0 aromatic rings. The molecule has 2 saturated heterocycles. The van der Waals surface area contributed by atoms with Crippen molar-refractivity contribution in [3.05, 3.63) is 0 Å². The summed E-state index contributed by atoms with van der Waals surface area (Å²) in [6.07, 6.45) is 6.20. The molecule has 2 rings (SSSR count). The van der Waals surface area contributed by atoms with Crippen LogP contribution < -0.4 is 5.32 Å².